The van der Waals surface area contributed by atoms with Gasteiger partial charge >= 0.3 is 5.97 Å². The molecule has 0 aromatic heterocycles. The number of benzene rings is 2. The molecule has 0 spiro atoms. The van der Waals surface area contributed by atoms with Crippen LogP contribution in [0.5, 0.6) is 11.5 Å². The lowest BCUT2D eigenvalue weighted by molar-refractivity contribution is -0.138. The molecule has 0 bridgehead atoms. The smallest absolute Gasteiger partial charge is 0.303 e. The molecular formula is C21H25NO5. The Balaban J connectivity index is 1.82. The number of amides is 1. The molecule has 0 atom stereocenters. The molecule has 1 amide bonds. The first kappa shape index (κ1) is 20.3. The number of nitrogens with one attached hydrogen (secondary N) is 1. The number of para-hydroxylation sites is 1. The summed E-state index contributed by atoms with van der Waals surface area (Å²) in [7, 11) is 0. The maximum Gasteiger partial charge on any atom is 0.303 e. The van der Waals surface area contributed by atoms with Gasteiger partial charge in [-0.1, -0.05) is 30.3 Å². The lowest BCUT2D eigenvalue weighted by Crippen LogP contribution is -2.23. The SMILES string of the molecule is Cc1ccc(C)c(OCCOc2ccccc2CNC(=O)CCC(=O)O)c1. The number of carbonyl (C=O) groups excluding carboxylic acids is 1. The average molecular weight is 371 g/mol. The van der Waals surface area contributed by atoms with Crippen LogP contribution >= 0.6 is 0 Å². The Labute approximate surface area is 159 Å². The van der Waals surface area contributed by atoms with Gasteiger partial charge in [0.2, 0.25) is 5.91 Å². The Morgan fingerprint density at radius 2 is 1.67 bits per heavy atom. The Bertz CT molecular complexity index is 788. The van der Waals surface area contributed by atoms with Crippen molar-refractivity contribution in [2.45, 2.75) is 33.2 Å². The molecule has 0 radical (unpaired) electrons. The van der Waals surface area contributed by atoms with Gasteiger partial charge in [-0.25, -0.2) is 0 Å². The van der Waals surface area contributed by atoms with Crippen molar-refractivity contribution in [2.24, 2.45) is 0 Å². The predicted molar refractivity (Wildman–Crippen MR) is 102 cm³/mol. The number of aliphatic carboxylic acids is 1. The van der Waals surface area contributed by atoms with Gasteiger partial charge in [0.05, 0.1) is 6.42 Å². The molecule has 0 unspecified atom stereocenters. The van der Waals surface area contributed by atoms with Crippen molar-refractivity contribution < 1.29 is 24.2 Å². The fourth-order valence-electron chi connectivity index (χ4n) is 2.46. The molecule has 0 saturated heterocycles. The van der Waals surface area contributed by atoms with E-state index < -0.39 is 5.97 Å². The van der Waals surface area contributed by atoms with E-state index in [-0.39, 0.29) is 25.3 Å². The molecule has 0 aliphatic heterocycles. The number of hydrogen-bond acceptors (Lipinski definition) is 4. The van der Waals surface area contributed by atoms with Gasteiger partial charge in [0.15, 0.2) is 0 Å². The second-order valence-electron chi connectivity index (χ2n) is 6.24. The summed E-state index contributed by atoms with van der Waals surface area (Å²) in [6.07, 6.45) is -0.220. The van der Waals surface area contributed by atoms with Crippen molar-refractivity contribution in [3.8, 4) is 11.5 Å². The summed E-state index contributed by atoms with van der Waals surface area (Å²) in [6, 6.07) is 13.5. The van der Waals surface area contributed by atoms with E-state index >= 15 is 0 Å². The van der Waals surface area contributed by atoms with Crippen molar-refractivity contribution in [1.29, 1.82) is 0 Å². The number of carbonyl (C=O) groups is 2. The lowest BCUT2D eigenvalue weighted by Gasteiger charge is -2.14. The first-order valence-electron chi connectivity index (χ1n) is 8.85. The zero-order valence-electron chi connectivity index (χ0n) is 15.7. The van der Waals surface area contributed by atoms with Gasteiger partial charge in [0.25, 0.3) is 0 Å². The van der Waals surface area contributed by atoms with E-state index in [1.54, 1.807) is 0 Å². The maximum absolute atomic E-state index is 11.7. The number of hydrogen-bond donors (Lipinski definition) is 2. The van der Waals surface area contributed by atoms with E-state index in [9.17, 15) is 9.59 Å². The van der Waals surface area contributed by atoms with Crippen LogP contribution in [0, 0.1) is 13.8 Å². The van der Waals surface area contributed by atoms with Gasteiger partial charge < -0.3 is 19.9 Å². The number of carboxylic acid groups (broad SMARTS) is 1. The lowest BCUT2D eigenvalue weighted by atomic mass is 10.1. The third-order valence-corrected chi connectivity index (χ3v) is 3.96. The fraction of sp³-hybridized carbons (Fsp3) is 0.333. The van der Waals surface area contributed by atoms with Crippen LogP contribution in [0.15, 0.2) is 42.5 Å². The number of aryl methyl sites for hydroxylation is 2. The number of rotatable bonds is 10. The normalized spacial score (nSPS) is 10.3. The predicted octanol–water partition coefficient (Wildman–Crippen LogP) is 3.24. The number of carboxylic acids is 1. The standard InChI is InChI=1S/C21H25NO5/c1-15-7-8-16(2)19(13-15)27-12-11-26-18-6-4-3-5-17(18)14-22-20(23)9-10-21(24)25/h3-8,13H,9-12,14H2,1-2H3,(H,22,23)(H,24,25). The summed E-state index contributed by atoms with van der Waals surface area (Å²) in [4.78, 5) is 22.2. The second-order valence-corrected chi connectivity index (χ2v) is 6.24. The molecule has 27 heavy (non-hydrogen) atoms. The quantitative estimate of drug-likeness (QED) is 0.626. The van der Waals surface area contributed by atoms with Crippen molar-refractivity contribution in [1.82, 2.24) is 5.32 Å². The van der Waals surface area contributed by atoms with E-state index in [2.05, 4.69) is 5.32 Å². The third-order valence-electron chi connectivity index (χ3n) is 3.96. The summed E-state index contributed by atoms with van der Waals surface area (Å²) >= 11 is 0. The molecule has 0 aliphatic carbocycles. The summed E-state index contributed by atoms with van der Waals surface area (Å²) < 4.78 is 11.6. The minimum Gasteiger partial charge on any atom is -0.490 e. The minimum atomic E-state index is -0.988. The first-order chi connectivity index (χ1) is 13.0. The molecule has 2 aromatic rings. The highest BCUT2D eigenvalue weighted by atomic mass is 16.5. The minimum absolute atomic E-state index is 0.0396. The summed E-state index contributed by atoms with van der Waals surface area (Å²) in [5.74, 6) is 0.223. The molecule has 144 valence electrons. The van der Waals surface area contributed by atoms with Gasteiger partial charge in [-0.15, -0.1) is 0 Å². The van der Waals surface area contributed by atoms with E-state index in [4.69, 9.17) is 14.6 Å². The van der Waals surface area contributed by atoms with Crippen molar-refractivity contribution >= 4 is 11.9 Å². The topological polar surface area (TPSA) is 84.9 Å². The Morgan fingerprint density at radius 1 is 0.963 bits per heavy atom. The molecule has 2 aromatic carbocycles. The molecule has 0 aliphatic rings. The van der Waals surface area contributed by atoms with E-state index in [0.29, 0.717) is 19.0 Å². The second kappa shape index (κ2) is 10.2. The van der Waals surface area contributed by atoms with Crippen LogP contribution in [0.1, 0.15) is 29.5 Å². The largest absolute Gasteiger partial charge is 0.490 e. The van der Waals surface area contributed by atoms with Crippen LogP contribution in [-0.4, -0.2) is 30.2 Å². The summed E-state index contributed by atoms with van der Waals surface area (Å²) in [5.41, 5.74) is 3.04. The first-order valence-corrected chi connectivity index (χ1v) is 8.85. The van der Waals surface area contributed by atoms with Gasteiger partial charge in [-0.3, -0.25) is 9.59 Å². The molecule has 0 saturated carbocycles. The van der Waals surface area contributed by atoms with Gasteiger partial charge in [0, 0.05) is 18.5 Å². The van der Waals surface area contributed by atoms with Crippen molar-refractivity contribution in [2.75, 3.05) is 13.2 Å². The van der Waals surface area contributed by atoms with Crippen LogP contribution in [0.25, 0.3) is 0 Å². The highest BCUT2D eigenvalue weighted by Gasteiger charge is 2.08. The van der Waals surface area contributed by atoms with Gasteiger partial charge in [0.1, 0.15) is 24.7 Å². The van der Waals surface area contributed by atoms with Crippen LogP contribution in [0.4, 0.5) is 0 Å². The summed E-state index contributed by atoms with van der Waals surface area (Å²) in [6.45, 7) is 5.08. The average Bonchev–Trinajstić information content (AvgIpc) is 2.65. The summed E-state index contributed by atoms with van der Waals surface area (Å²) in [5, 5.41) is 11.3. The molecule has 0 fully saturated rings. The number of ether oxygens (including phenoxy) is 2. The molecular weight excluding hydrogens is 346 g/mol. The van der Waals surface area contributed by atoms with Crippen LogP contribution in [0.3, 0.4) is 0 Å². The van der Waals surface area contributed by atoms with Gasteiger partial charge in [-0.2, -0.15) is 0 Å². The zero-order valence-corrected chi connectivity index (χ0v) is 15.7. The van der Waals surface area contributed by atoms with E-state index in [1.165, 1.54) is 0 Å². The van der Waals surface area contributed by atoms with Crippen LogP contribution in [0.2, 0.25) is 0 Å². The van der Waals surface area contributed by atoms with Crippen molar-refractivity contribution in [3.05, 3.63) is 59.2 Å². The van der Waals surface area contributed by atoms with E-state index in [0.717, 1.165) is 22.4 Å². The Kier molecular flexibility index (Phi) is 7.67. The Hall–Kier alpha value is -3.02. The van der Waals surface area contributed by atoms with Crippen LogP contribution in [-0.2, 0) is 16.1 Å². The van der Waals surface area contributed by atoms with Gasteiger partial charge in [-0.05, 0) is 37.1 Å². The highest BCUT2D eigenvalue weighted by molar-refractivity contribution is 5.80. The molecule has 6 nitrogen and oxygen atoms in total. The maximum atomic E-state index is 11.7. The highest BCUT2D eigenvalue weighted by Crippen LogP contribution is 2.20. The fourth-order valence-corrected chi connectivity index (χ4v) is 2.46. The van der Waals surface area contributed by atoms with E-state index in [1.807, 2.05) is 56.3 Å². The molecule has 6 heteroatoms. The Morgan fingerprint density at radius 3 is 2.41 bits per heavy atom. The monoisotopic (exact) mass is 371 g/mol. The zero-order chi connectivity index (χ0) is 19.6. The molecule has 2 N–H and O–H groups in total. The van der Waals surface area contributed by atoms with Crippen molar-refractivity contribution in [3.63, 3.8) is 0 Å². The molecule has 2 rings (SSSR count). The third kappa shape index (κ3) is 7.01. The van der Waals surface area contributed by atoms with Crippen LogP contribution < -0.4 is 14.8 Å². The molecule has 0 heterocycles.